The third-order valence-electron chi connectivity index (χ3n) is 2.64. The number of aliphatic hydroxyl groups excluding tert-OH is 1. The number of aliphatic hydroxyl groups is 1. The first-order valence-electron chi connectivity index (χ1n) is 6.16. The minimum atomic E-state index is -0.691. The van der Waals surface area contributed by atoms with Crippen molar-refractivity contribution in [3.05, 3.63) is 0 Å². The minimum Gasteiger partial charge on any atom is -0.378 e. The molecule has 96 valence electrons. The van der Waals surface area contributed by atoms with Crippen LogP contribution in [0, 0.1) is 5.92 Å². The molecule has 0 saturated heterocycles. The van der Waals surface area contributed by atoms with Crippen molar-refractivity contribution in [2.45, 2.75) is 45.8 Å². The smallest absolute Gasteiger partial charge is 0.227 e. The van der Waals surface area contributed by atoms with Crippen LogP contribution < -0.4 is 5.32 Å². The van der Waals surface area contributed by atoms with Crippen molar-refractivity contribution in [3.63, 3.8) is 0 Å². The summed E-state index contributed by atoms with van der Waals surface area (Å²) in [6.45, 7) is 4.79. The molecule has 0 aliphatic carbocycles. The second-order valence-electron chi connectivity index (χ2n) is 4.42. The van der Waals surface area contributed by atoms with Gasteiger partial charge in [-0.2, -0.15) is 0 Å². The number of nitrogens with zero attached hydrogens (tertiary/aromatic N) is 1. The molecule has 4 heteroatoms. The van der Waals surface area contributed by atoms with Crippen molar-refractivity contribution in [1.29, 1.82) is 0 Å². The van der Waals surface area contributed by atoms with Crippen LogP contribution in [0.1, 0.15) is 39.5 Å². The van der Waals surface area contributed by atoms with Crippen LogP contribution in [0.5, 0.6) is 0 Å². The Bertz CT molecular complexity index is 195. The molecular formula is C12H26N2O2. The third-order valence-corrected chi connectivity index (χ3v) is 2.64. The van der Waals surface area contributed by atoms with Gasteiger partial charge in [0.25, 0.3) is 0 Å². The Morgan fingerprint density at radius 2 is 1.94 bits per heavy atom. The van der Waals surface area contributed by atoms with Gasteiger partial charge >= 0.3 is 0 Å². The molecule has 0 bridgehead atoms. The fourth-order valence-electron chi connectivity index (χ4n) is 1.58. The largest absolute Gasteiger partial charge is 0.378 e. The van der Waals surface area contributed by atoms with Gasteiger partial charge in [-0.15, -0.1) is 0 Å². The van der Waals surface area contributed by atoms with Crippen molar-refractivity contribution in [2.75, 3.05) is 20.6 Å². The number of hydrogen-bond acceptors (Lipinski definition) is 3. The number of rotatable bonds is 8. The van der Waals surface area contributed by atoms with Crippen LogP contribution in [0.3, 0.4) is 0 Å². The summed E-state index contributed by atoms with van der Waals surface area (Å²) in [7, 11) is 3.58. The zero-order valence-electron chi connectivity index (χ0n) is 11.0. The summed E-state index contributed by atoms with van der Waals surface area (Å²) in [5.41, 5.74) is 0. The van der Waals surface area contributed by atoms with Gasteiger partial charge in [0.05, 0.1) is 5.92 Å². The number of hydrogen-bond donors (Lipinski definition) is 2. The summed E-state index contributed by atoms with van der Waals surface area (Å²) in [6, 6.07) is 0. The predicted octanol–water partition coefficient (Wildman–Crippen LogP) is 1.20. The van der Waals surface area contributed by atoms with Gasteiger partial charge in [-0.3, -0.25) is 9.69 Å². The van der Waals surface area contributed by atoms with E-state index in [1.54, 1.807) is 19.0 Å². The zero-order chi connectivity index (χ0) is 12.6. The van der Waals surface area contributed by atoms with E-state index in [9.17, 15) is 9.90 Å². The van der Waals surface area contributed by atoms with Gasteiger partial charge in [-0.05, 0) is 26.9 Å². The monoisotopic (exact) mass is 230 g/mol. The normalized spacial score (nSPS) is 14.9. The van der Waals surface area contributed by atoms with Crippen LogP contribution in [0.4, 0.5) is 0 Å². The summed E-state index contributed by atoms with van der Waals surface area (Å²) in [6.07, 6.45) is 2.98. The molecule has 0 aromatic carbocycles. The molecule has 0 saturated carbocycles. The molecule has 0 aromatic rings. The Kier molecular flexibility index (Phi) is 8.21. The second-order valence-corrected chi connectivity index (χ2v) is 4.42. The highest BCUT2D eigenvalue weighted by Crippen LogP contribution is 2.15. The molecule has 0 aromatic heterocycles. The first-order valence-corrected chi connectivity index (χ1v) is 6.16. The molecule has 0 fully saturated rings. The van der Waals surface area contributed by atoms with Gasteiger partial charge < -0.3 is 10.4 Å². The van der Waals surface area contributed by atoms with E-state index < -0.39 is 6.23 Å². The highest BCUT2D eigenvalue weighted by atomic mass is 16.3. The van der Waals surface area contributed by atoms with Crippen LogP contribution >= 0.6 is 0 Å². The van der Waals surface area contributed by atoms with Crippen molar-refractivity contribution < 1.29 is 9.90 Å². The topological polar surface area (TPSA) is 52.6 Å². The Balaban J connectivity index is 4.33. The maximum Gasteiger partial charge on any atom is 0.227 e. The highest BCUT2D eigenvalue weighted by Gasteiger charge is 2.27. The molecule has 2 unspecified atom stereocenters. The molecule has 4 nitrogen and oxygen atoms in total. The molecule has 0 aliphatic rings. The summed E-state index contributed by atoms with van der Waals surface area (Å²) in [4.78, 5) is 13.5. The first-order chi connectivity index (χ1) is 7.54. The van der Waals surface area contributed by atoms with E-state index >= 15 is 0 Å². The fourth-order valence-corrected chi connectivity index (χ4v) is 1.58. The van der Waals surface area contributed by atoms with Gasteiger partial charge in [0.2, 0.25) is 5.91 Å². The molecule has 16 heavy (non-hydrogen) atoms. The number of nitrogens with one attached hydrogen (secondary N) is 1. The van der Waals surface area contributed by atoms with Crippen molar-refractivity contribution in [2.24, 2.45) is 5.92 Å². The second kappa shape index (κ2) is 8.53. The van der Waals surface area contributed by atoms with Crippen molar-refractivity contribution >= 4 is 5.91 Å². The summed E-state index contributed by atoms with van der Waals surface area (Å²) < 4.78 is 0. The summed E-state index contributed by atoms with van der Waals surface area (Å²) >= 11 is 0. The summed E-state index contributed by atoms with van der Waals surface area (Å²) in [5.74, 6) is -0.349. The lowest BCUT2D eigenvalue weighted by molar-refractivity contribution is -0.133. The van der Waals surface area contributed by atoms with Crippen LogP contribution in [0.15, 0.2) is 0 Å². The van der Waals surface area contributed by atoms with E-state index in [1.807, 2.05) is 6.92 Å². The Hall–Kier alpha value is -0.610. The van der Waals surface area contributed by atoms with Gasteiger partial charge in [0, 0.05) is 6.54 Å². The molecular weight excluding hydrogens is 204 g/mol. The molecule has 0 heterocycles. The maximum absolute atomic E-state index is 11.9. The Morgan fingerprint density at radius 1 is 1.31 bits per heavy atom. The molecule has 1 amide bonds. The van der Waals surface area contributed by atoms with E-state index in [-0.39, 0.29) is 11.8 Å². The minimum absolute atomic E-state index is 0.0310. The molecule has 2 N–H and O–H groups in total. The quantitative estimate of drug-likeness (QED) is 0.616. The molecule has 0 rings (SSSR count). The van der Waals surface area contributed by atoms with Gasteiger partial charge in [-0.25, -0.2) is 0 Å². The van der Waals surface area contributed by atoms with E-state index in [1.165, 1.54) is 0 Å². The Morgan fingerprint density at radius 3 is 2.38 bits per heavy atom. The zero-order valence-corrected chi connectivity index (χ0v) is 11.0. The van der Waals surface area contributed by atoms with E-state index in [0.717, 1.165) is 25.7 Å². The van der Waals surface area contributed by atoms with E-state index in [0.29, 0.717) is 6.54 Å². The lowest BCUT2D eigenvalue weighted by atomic mass is 9.98. The van der Waals surface area contributed by atoms with Crippen LogP contribution in [0.25, 0.3) is 0 Å². The molecule has 0 aliphatic heterocycles. The summed E-state index contributed by atoms with van der Waals surface area (Å²) in [5, 5.41) is 12.8. The number of carbonyl (C=O) groups excluding carboxylic acids is 1. The molecule has 2 atom stereocenters. The lowest BCUT2D eigenvalue weighted by Crippen LogP contribution is -2.44. The van der Waals surface area contributed by atoms with Crippen LogP contribution in [-0.2, 0) is 4.79 Å². The fraction of sp³-hybridized carbons (Fsp3) is 0.917. The van der Waals surface area contributed by atoms with Crippen molar-refractivity contribution in [1.82, 2.24) is 10.2 Å². The van der Waals surface area contributed by atoms with Crippen LogP contribution in [0.2, 0.25) is 0 Å². The number of unbranched alkanes of at least 4 members (excludes halogenated alkanes) is 1. The average Bonchev–Trinajstić information content (AvgIpc) is 2.26. The number of amides is 1. The maximum atomic E-state index is 11.9. The lowest BCUT2D eigenvalue weighted by Gasteiger charge is -2.27. The number of carbonyl (C=O) groups is 1. The van der Waals surface area contributed by atoms with Gasteiger partial charge in [0.1, 0.15) is 6.23 Å². The van der Waals surface area contributed by atoms with E-state index in [2.05, 4.69) is 12.2 Å². The molecule has 0 radical (unpaired) electrons. The third kappa shape index (κ3) is 5.47. The van der Waals surface area contributed by atoms with E-state index in [4.69, 9.17) is 0 Å². The SMILES string of the molecule is CCCCC(C(=O)NCCC)C(O)N(C)C. The Labute approximate surface area is 99.0 Å². The highest BCUT2D eigenvalue weighted by molar-refractivity contribution is 5.79. The standard InChI is InChI=1S/C12H26N2O2/c1-5-7-8-10(12(16)14(3)4)11(15)13-9-6-2/h10,12,16H,5-9H2,1-4H3,(H,13,15). The van der Waals surface area contributed by atoms with Crippen LogP contribution in [-0.4, -0.2) is 42.8 Å². The van der Waals surface area contributed by atoms with Crippen molar-refractivity contribution in [3.8, 4) is 0 Å². The van der Waals surface area contributed by atoms with Gasteiger partial charge in [-0.1, -0.05) is 26.7 Å². The average molecular weight is 230 g/mol. The first kappa shape index (κ1) is 15.4. The predicted molar refractivity (Wildman–Crippen MR) is 66.0 cm³/mol. The van der Waals surface area contributed by atoms with Gasteiger partial charge in [0.15, 0.2) is 0 Å². The molecule has 0 spiro atoms.